The van der Waals surface area contributed by atoms with Gasteiger partial charge in [-0.05, 0) is 12.1 Å². The summed E-state index contributed by atoms with van der Waals surface area (Å²) in [5.74, 6) is 0.404. The van der Waals surface area contributed by atoms with Gasteiger partial charge in [0.25, 0.3) is 5.91 Å². The maximum atomic E-state index is 11.9. The van der Waals surface area contributed by atoms with E-state index in [1.165, 1.54) is 0 Å². The van der Waals surface area contributed by atoms with E-state index in [1.807, 2.05) is 18.2 Å². The number of anilines is 1. The molecule has 4 nitrogen and oxygen atoms in total. The van der Waals surface area contributed by atoms with E-state index in [9.17, 15) is 4.79 Å². The lowest BCUT2D eigenvalue weighted by molar-refractivity contribution is 0.102. The Hall–Kier alpha value is -2.36. The second kappa shape index (κ2) is 5.12. The molecule has 4 heteroatoms. The topological polar surface area (TPSA) is 51.2 Å². The van der Waals surface area contributed by atoms with E-state index in [4.69, 9.17) is 4.74 Å². The average Bonchev–Trinajstić information content (AvgIpc) is 2.40. The molecule has 1 heterocycles. The van der Waals surface area contributed by atoms with Gasteiger partial charge in [-0.25, -0.2) is 0 Å². The van der Waals surface area contributed by atoms with Gasteiger partial charge in [0.15, 0.2) is 0 Å². The van der Waals surface area contributed by atoms with Crippen molar-refractivity contribution in [2.45, 2.75) is 0 Å². The van der Waals surface area contributed by atoms with Crippen molar-refractivity contribution in [2.24, 2.45) is 0 Å². The number of pyridine rings is 1. The zero-order chi connectivity index (χ0) is 12.1. The van der Waals surface area contributed by atoms with Crippen LogP contribution in [0.4, 0.5) is 5.69 Å². The van der Waals surface area contributed by atoms with Crippen LogP contribution in [0.25, 0.3) is 0 Å². The summed E-state index contributed by atoms with van der Waals surface area (Å²) in [6, 6.07) is 10.7. The molecule has 0 atom stereocenters. The number of hydrogen-bond acceptors (Lipinski definition) is 3. The number of carbonyl (C=O) groups is 1. The summed E-state index contributed by atoms with van der Waals surface area (Å²) in [7, 11) is 1.55. The third-order valence-electron chi connectivity index (χ3n) is 2.29. The highest BCUT2D eigenvalue weighted by molar-refractivity contribution is 6.04. The van der Waals surface area contributed by atoms with Crippen LogP contribution in [0.1, 0.15) is 10.4 Å². The second-order valence-electron chi connectivity index (χ2n) is 3.40. The van der Waals surface area contributed by atoms with Gasteiger partial charge < -0.3 is 10.1 Å². The monoisotopic (exact) mass is 228 g/mol. The van der Waals surface area contributed by atoms with Crippen molar-refractivity contribution >= 4 is 11.6 Å². The van der Waals surface area contributed by atoms with Crippen LogP contribution in [0.2, 0.25) is 0 Å². The van der Waals surface area contributed by atoms with Crippen LogP contribution >= 0.6 is 0 Å². The van der Waals surface area contributed by atoms with Crippen LogP contribution in [0.5, 0.6) is 5.75 Å². The van der Waals surface area contributed by atoms with Crippen molar-refractivity contribution in [1.82, 2.24) is 4.98 Å². The fourth-order valence-electron chi connectivity index (χ4n) is 1.44. The lowest BCUT2D eigenvalue weighted by atomic mass is 10.2. The number of ether oxygens (including phenoxy) is 1. The third kappa shape index (κ3) is 2.60. The van der Waals surface area contributed by atoms with Gasteiger partial charge in [-0.15, -0.1) is 0 Å². The third-order valence-corrected chi connectivity index (χ3v) is 2.29. The van der Waals surface area contributed by atoms with Crippen molar-refractivity contribution in [2.75, 3.05) is 12.4 Å². The first-order valence-corrected chi connectivity index (χ1v) is 5.15. The predicted octanol–water partition coefficient (Wildman–Crippen LogP) is 2.34. The van der Waals surface area contributed by atoms with Gasteiger partial charge in [0.1, 0.15) is 11.4 Å². The van der Waals surface area contributed by atoms with Gasteiger partial charge >= 0.3 is 0 Å². The molecule has 0 aliphatic rings. The Morgan fingerprint density at radius 3 is 2.71 bits per heavy atom. The number of nitrogens with zero attached hydrogens (tertiary/aromatic N) is 1. The van der Waals surface area contributed by atoms with Crippen molar-refractivity contribution in [1.29, 1.82) is 0 Å². The maximum absolute atomic E-state index is 11.9. The average molecular weight is 228 g/mol. The molecule has 0 saturated heterocycles. The highest BCUT2D eigenvalue weighted by Crippen LogP contribution is 2.22. The fraction of sp³-hybridized carbons (Fsp3) is 0.0769. The highest BCUT2D eigenvalue weighted by Gasteiger charge is 2.08. The first-order chi connectivity index (χ1) is 8.31. The van der Waals surface area contributed by atoms with E-state index < -0.39 is 0 Å². The zero-order valence-corrected chi connectivity index (χ0v) is 9.38. The molecule has 0 aliphatic carbocycles. The van der Waals surface area contributed by atoms with Crippen LogP contribution in [-0.4, -0.2) is 18.0 Å². The molecule has 0 radical (unpaired) electrons. The summed E-state index contributed by atoms with van der Waals surface area (Å²) in [6.45, 7) is 0. The fourth-order valence-corrected chi connectivity index (χ4v) is 1.44. The molecule has 2 aromatic rings. The lowest BCUT2D eigenvalue weighted by Crippen LogP contribution is -2.12. The van der Waals surface area contributed by atoms with Crippen molar-refractivity contribution in [3.8, 4) is 5.75 Å². The van der Waals surface area contributed by atoms with Crippen molar-refractivity contribution in [3.05, 3.63) is 54.4 Å². The van der Waals surface area contributed by atoms with Crippen LogP contribution in [-0.2, 0) is 0 Å². The summed E-state index contributed by atoms with van der Waals surface area (Å²) in [4.78, 5) is 15.8. The summed E-state index contributed by atoms with van der Waals surface area (Å²) in [5, 5.41) is 2.75. The molecule has 86 valence electrons. The Morgan fingerprint density at radius 2 is 2.00 bits per heavy atom. The first-order valence-electron chi connectivity index (χ1n) is 5.15. The molecule has 2 rings (SSSR count). The smallest absolute Gasteiger partial charge is 0.255 e. The normalized spacial score (nSPS) is 9.71. The van der Waals surface area contributed by atoms with E-state index in [0.29, 0.717) is 17.0 Å². The van der Waals surface area contributed by atoms with E-state index in [0.717, 1.165) is 0 Å². The van der Waals surface area contributed by atoms with Crippen LogP contribution in [0.3, 0.4) is 0 Å². The molecule has 1 N–H and O–H groups in total. The number of carbonyl (C=O) groups excluding carboxylic acids is 1. The molecule has 1 amide bonds. The maximum Gasteiger partial charge on any atom is 0.255 e. The molecule has 0 unspecified atom stereocenters. The Balaban J connectivity index is 2.19. The number of hydrogen-bond donors (Lipinski definition) is 1. The lowest BCUT2D eigenvalue weighted by Gasteiger charge is -2.08. The number of rotatable bonds is 3. The molecular formula is C13H12N2O2. The molecule has 0 saturated carbocycles. The second-order valence-corrected chi connectivity index (χ2v) is 3.40. The van der Waals surface area contributed by atoms with Crippen molar-refractivity contribution < 1.29 is 9.53 Å². The van der Waals surface area contributed by atoms with Crippen LogP contribution < -0.4 is 10.1 Å². The molecular weight excluding hydrogens is 216 g/mol. The molecule has 17 heavy (non-hydrogen) atoms. The minimum Gasteiger partial charge on any atom is -0.494 e. The Morgan fingerprint density at radius 1 is 1.24 bits per heavy atom. The Kier molecular flexibility index (Phi) is 3.35. The highest BCUT2D eigenvalue weighted by atomic mass is 16.5. The molecule has 1 aromatic carbocycles. The molecule has 0 aliphatic heterocycles. The molecule has 0 bridgehead atoms. The summed E-state index contributed by atoms with van der Waals surface area (Å²) in [6.07, 6.45) is 3.16. The van der Waals surface area contributed by atoms with E-state index in [-0.39, 0.29) is 5.91 Å². The minimum atomic E-state index is -0.183. The summed E-state index contributed by atoms with van der Waals surface area (Å²) >= 11 is 0. The van der Waals surface area contributed by atoms with E-state index in [2.05, 4.69) is 10.3 Å². The Labute approximate surface area is 99.3 Å². The van der Waals surface area contributed by atoms with Crippen molar-refractivity contribution in [3.63, 3.8) is 0 Å². The van der Waals surface area contributed by atoms with E-state index in [1.54, 1.807) is 37.7 Å². The van der Waals surface area contributed by atoms with Gasteiger partial charge in [-0.1, -0.05) is 18.2 Å². The van der Waals surface area contributed by atoms with Gasteiger partial charge in [-0.2, -0.15) is 0 Å². The molecule has 1 aromatic heterocycles. The Bertz CT molecular complexity index is 512. The quantitative estimate of drug-likeness (QED) is 0.877. The predicted molar refractivity (Wildman–Crippen MR) is 65.2 cm³/mol. The number of amides is 1. The number of nitrogens with one attached hydrogen (secondary N) is 1. The van der Waals surface area contributed by atoms with Gasteiger partial charge in [0.05, 0.1) is 13.3 Å². The summed E-state index contributed by atoms with van der Waals surface area (Å²) < 4.78 is 5.13. The first kappa shape index (κ1) is 11.1. The molecule has 0 spiro atoms. The standard InChI is InChI=1S/C13H12N2O2/c1-17-12-7-8-14-9-11(12)15-13(16)10-5-3-2-4-6-10/h2-9H,1H3,(H,15,16). The van der Waals surface area contributed by atoms with E-state index >= 15 is 0 Å². The number of methoxy groups -OCH3 is 1. The number of aromatic nitrogens is 1. The van der Waals surface area contributed by atoms with Gasteiger partial charge in [0, 0.05) is 17.8 Å². The van der Waals surface area contributed by atoms with Gasteiger partial charge in [-0.3, -0.25) is 9.78 Å². The van der Waals surface area contributed by atoms with Gasteiger partial charge in [0.2, 0.25) is 0 Å². The zero-order valence-electron chi connectivity index (χ0n) is 9.38. The minimum absolute atomic E-state index is 0.183. The summed E-state index contributed by atoms with van der Waals surface area (Å²) in [5.41, 5.74) is 1.15. The number of benzene rings is 1. The largest absolute Gasteiger partial charge is 0.494 e. The van der Waals surface area contributed by atoms with Crippen LogP contribution in [0.15, 0.2) is 48.8 Å². The molecule has 0 fully saturated rings. The SMILES string of the molecule is COc1ccncc1NC(=O)c1ccccc1. The van der Waals surface area contributed by atoms with Crippen LogP contribution in [0, 0.1) is 0 Å².